The average Bonchev–Trinajstić information content (AvgIpc) is 3.38. The van der Waals surface area contributed by atoms with E-state index in [0.29, 0.717) is 18.1 Å². The van der Waals surface area contributed by atoms with Crippen LogP contribution in [0.4, 0.5) is 0 Å². The molecular formula is C22H30O2. The van der Waals surface area contributed by atoms with Gasteiger partial charge in [0.25, 0.3) is 0 Å². The maximum atomic E-state index is 12.6. The van der Waals surface area contributed by atoms with E-state index in [4.69, 9.17) is 4.74 Å². The van der Waals surface area contributed by atoms with Crippen molar-refractivity contribution in [1.82, 2.24) is 0 Å². The van der Waals surface area contributed by atoms with Gasteiger partial charge in [0.2, 0.25) is 0 Å². The van der Waals surface area contributed by atoms with Crippen LogP contribution in [0.5, 0.6) is 0 Å². The first-order valence-corrected chi connectivity index (χ1v) is 9.99. The fraction of sp³-hybridized carbons (Fsp3) is 0.682. The number of benzene rings is 1. The Hall–Kier alpha value is -1.15. The normalized spacial score (nSPS) is 33.1. The zero-order valence-electron chi connectivity index (χ0n) is 14.9. The third-order valence-corrected chi connectivity index (χ3v) is 6.90. The number of fused-ring (bicyclic) bond motifs is 3. The van der Waals surface area contributed by atoms with Crippen molar-refractivity contribution in [2.24, 2.45) is 11.3 Å². The van der Waals surface area contributed by atoms with Gasteiger partial charge in [-0.1, -0.05) is 69.4 Å². The summed E-state index contributed by atoms with van der Waals surface area (Å²) in [5, 5.41) is 0. The van der Waals surface area contributed by atoms with Crippen molar-refractivity contribution in [3.05, 3.63) is 35.9 Å². The van der Waals surface area contributed by atoms with Crippen LogP contribution in [-0.2, 0) is 15.1 Å². The molecule has 1 aliphatic carbocycles. The van der Waals surface area contributed by atoms with Crippen LogP contribution < -0.4 is 0 Å². The lowest BCUT2D eigenvalue weighted by molar-refractivity contribution is -0.151. The summed E-state index contributed by atoms with van der Waals surface area (Å²) in [6, 6.07) is 10.7. The molecule has 3 fully saturated rings. The summed E-state index contributed by atoms with van der Waals surface area (Å²) >= 11 is 0. The van der Waals surface area contributed by atoms with Crippen molar-refractivity contribution in [2.75, 3.05) is 0 Å². The van der Waals surface area contributed by atoms with Crippen LogP contribution in [0.25, 0.3) is 0 Å². The van der Waals surface area contributed by atoms with Crippen LogP contribution in [0.1, 0.15) is 76.7 Å². The molecule has 1 aromatic carbocycles. The SMILES string of the molecule is CCCCCCC[C@H]1[C@H]2O[C@](c3ccccc3)(CCC2=O)C12CC2. The van der Waals surface area contributed by atoms with Gasteiger partial charge in [0, 0.05) is 17.8 Å². The Bertz CT molecular complexity index is 589. The average molecular weight is 326 g/mol. The maximum Gasteiger partial charge on any atom is 0.162 e. The Kier molecular flexibility index (Phi) is 4.28. The molecule has 1 spiro atoms. The van der Waals surface area contributed by atoms with E-state index in [1.807, 2.05) is 0 Å². The van der Waals surface area contributed by atoms with Crippen molar-refractivity contribution in [2.45, 2.75) is 82.8 Å². The lowest BCUT2D eigenvalue weighted by atomic mass is 9.71. The van der Waals surface area contributed by atoms with Gasteiger partial charge in [-0.25, -0.2) is 0 Å². The van der Waals surface area contributed by atoms with Gasteiger partial charge < -0.3 is 4.74 Å². The second-order valence-corrected chi connectivity index (χ2v) is 8.16. The molecule has 0 unspecified atom stereocenters. The summed E-state index contributed by atoms with van der Waals surface area (Å²) in [5.41, 5.74) is 1.38. The molecule has 1 aromatic rings. The Morgan fingerprint density at radius 3 is 2.50 bits per heavy atom. The predicted molar refractivity (Wildman–Crippen MR) is 95.8 cm³/mol. The van der Waals surface area contributed by atoms with E-state index >= 15 is 0 Å². The lowest BCUT2D eigenvalue weighted by Crippen LogP contribution is -2.39. The van der Waals surface area contributed by atoms with E-state index in [9.17, 15) is 4.79 Å². The molecule has 0 amide bonds. The number of unbranched alkanes of at least 4 members (excludes halogenated alkanes) is 4. The summed E-state index contributed by atoms with van der Waals surface area (Å²) in [7, 11) is 0. The number of carbonyl (C=O) groups is 1. The monoisotopic (exact) mass is 326 g/mol. The number of hydrogen-bond acceptors (Lipinski definition) is 2. The van der Waals surface area contributed by atoms with Crippen molar-refractivity contribution in [3.8, 4) is 0 Å². The van der Waals surface area contributed by atoms with Gasteiger partial charge in [-0.3, -0.25) is 4.79 Å². The van der Waals surface area contributed by atoms with Gasteiger partial charge in [0.15, 0.2) is 5.78 Å². The Labute approximate surface area is 146 Å². The van der Waals surface area contributed by atoms with Gasteiger partial charge >= 0.3 is 0 Å². The van der Waals surface area contributed by atoms with Gasteiger partial charge in [-0.2, -0.15) is 0 Å². The molecule has 2 aliphatic heterocycles. The highest BCUT2D eigenvalue weighted by atomic mass is 16.5. The molecule has 3 aliphatic rings. The van der Waals surface area contributed by atoms with Crippen molar-refractivity contribution >= 4 is 5.78 Å². The van der Waals surface area contributed by atoms with Crippen molar-refractivity contribution in [3.63, 3.8) is 0 Å². The largest absolute Gasteiger partial charge is 0.358 e. The molecule has 2 nitrogen and oxygen atoms in total. The minimum Gasteiger partial charge on any atom is -0.358 e. The highest BCUT2D eigenvalue weighted by Crippen LogP contribution is 2.73. The first kappa shape index (κ1) is 16.3. The van der Waals surface area contributed by atoms with Crippen LogP contribution in [0, 0.1) is 11.3 Å². The van der Waals surface area contributed by atoms with Crippen LogP contribution in [0.3, 0.4) is 0 Å². The standard InChI is InChI=1S/C22H30O2/c1-2-3-4-5-9-12-18-20-19(23)13-14-22(24-20,21(18)15-16-21)17-10-7-6-8-11-17/h6-8,10-11,18,20H,2-5,9,12-16H2,1H3/t18-,20+,22-/m0/s1. The summed E-state index contributed by atoms with van der Waals surface area (Å²) in [5.74, 6) is 0.818. The molecule has 4 rings (SSSR count). The first-order valence-electron chi connectivity index (χ1n) is 9.99. The molecule has 0 N–H and O–H groups in total. The minimum absolute atomic E-state index is 0.132. The molecule has 2 heteroatoms. The second-order valence-electron chi connectivity index (χ2n) is 8.16. The van der Waals surface area contributed by atoms with E-state index in [-0.39, 0.29) is 17.1 Å². The summed E-state index contributed by atoms with van der Waals surface area (Å²) in [6.45, 7) is 2.26. The summed E-state index contributed by atoms with van der Waals surface area (Å²) in [4.78, 5) is 12.6. The molecule has 2 saturated heterocycles. The van der Waals surface area contributed by atoms with Gasteiger partial charge in [0.1, 0.15) is 11.7 Å². The fourth-order valence-electron chi connectivity index (χ4n) is 5.56. The Morgan fingerprint density at radius 1 is 1.04 bits per heavy atom. The molecule has 2 heterocycles. The van der Waals surface area contributed by atoms with Crippen molar-refractivity contribution < 1.29 is 9.53 Å². The number of rotatable bonds is 7. The third kappa shape index (κ3) is 2.37. The van der Waals surface area contributed by atoms with Crippen LogP contribution in [0.15, 0.2) is 30.3 Å². The van der Waals surface area contributed by atoms with E-state index in [0.717, 1.165) is 6.42 Å². The van der Waals surface area contributed by atoms with Crippen molar-refractivity contribution in [1.29, 1.82) is 0 Å². The molecule has 0 aromatic heterocycles. The third-order valence-electron chi connectivity index (χ3n) is 6.90. The summed E-state index contributed by atoms with van der Waals surface area (Å²) in [6.07, 6.45) is 11.6. The lowest BCUT2D eigenvalue weighted by Gasteiger charge is -2.38. The zero-order chi connectivity index (χ0) is 16.6. The van der Waals surface area contributed by atoms with Gasteiger partial charge in [0.05, 0.1) is 0 Å². The van der Waals surface area contributed by atoms with Crippen LogP contribution in [0.2, 0.25) is 0 Å². The maximum absolute atomic E-state index is 12.6. The number of ether oxygens (including phenoxy) is 1. The Morgan fingerprint density at radius 2 is 1.79 bits per heavy atom. The number of Topliss-reactive ketones (excluding diaryl/α,β-unsaturated/α-hetero) is 1. The van der Waals surface area contributed by atoms with Gasteiger partial charge in [-0.05, 0) is 31.2 Å². The highest BCUT2D eigenvalue weighted by molar-refractivity contribution is 5.85. The van der Waals surface area contributed by atoms with E-state index in [1.54, 1.807) is 0 Å². The Balaban J connectivity index is 1.57. The van der Waals surface area contributed by atoms with E-state index in [2.05, 4.69) is 37.3 Å². The summed E-state index contributed by atoms with van der Waals surface area (Å²) < 4.78 is 6.60. The smallest absolute Gasteiger partial charge is 0.162 e. The number of carbonyl (C=O) groups excluding carboxylic acids is 1. The molecule has 3 atom stereocenters. The fourth-order valence-corrected chi connectivity index (χ4v) is 5.56. The molecule has 1 saturated carbocycles. The molecule has 2 bridgehead atoms. The molecule has 0 radical (unpaired) electrons. The van der Waals surface area contributed by atoms with Crippen LogP contribution >= 0.6 is 0 Å². The zero-order valence-corrected chi connectivity index (χ0v) is 14.9. The number of hydrogen-bond donors (Lipinski definition) is 0. The second kappa shape index (κ2) is 6.29. The molecular weight excluding hydrogens is 296 g/mol. The molecule has 130 valence electrons. The number of ketones is 1. The minimum atomic E-state index is -0.180. The molecule has 24 heavy (non-hydrogen) atoms. The van der Waals surface area contributed by atoms with Gasteiger partial charge in [-0.15, -0.1) is 0 Å². The predicted octanol–water partition coefficient (Wildman–Crippen LogP) is 5.40. The van der Waals surface area contributed by atoms with E-state index in [1.165, 1.54) is 56.9 Å². The van der Waals surface area contributed by atoms with Crippen LogP contribution in [-0.4, -0.2) is 11.9 Å². The highest BCUT2D eigenvalue weighted by Gasteiger charge is 2.73. The topological polar surface area (TPSA) is 26.3 Å². The quantitative estimate of drug-likeness (QED) is 0.627. The van der Waals surface area contributed by atoms with E-state index < -0.39 is 0 Å². The first-order chi connectivity index (χ1) is 11.7.